The summed E-state index contributed by atoms with van der Waals surface area (Å²) in [4.78, 5) is 28.7. The van der Waals surface area contributed by atoms with Crippen molar-refractivity contribution < 1.29 is 27.5 Å². The number of alkyl halides is 3. The Labute approximate surface area is 176 Å². The summed E-state index contributed by atoms with van der Waals surface area (Å²) in [5.74, 6) is -0.428. The molecule has 2 N–H and O–H groups in total. The number of anilines is 2. The van der Waals surface area contributed by atoms with Crippen LogP contribution in [0.5, 0.6) is 5.75 Å². The van der Waals surface area contributed by atoms with Crippen molar-refractivity contribution in [2.24, 2.45) is 4.99 Å². The summed E-state index contributed by atoms with van der Waals surface area (Å²) in [6, 6.07) is 8.41. The molecule has 0 aliphatic carbocycles. The van der Waals surface area contributed by atoms with E-state index in [1.54, 1.807) is 26.0 Å². The van der Waals surface area contributed by atoms with Crippen LogP contribution in [0, 0.1) is 0 Å². The van der Waals surface area contributed by atoms with Gasteiger partial charge < -0.3 is 15.4 Å². The Morgan fingerprint density at radius 1 is 1.19 bits per heavy atom. The van der Waals surface area contributed by atoms with E-state index in [9.17, 15) is 22.8 Å². The maximum Gasteiger partial charge on any atom is 0.416 e. The van der Waals surface area contributed by atoms with Crippen LogP contribution in [0.4, 0.5) is 24.5 Å². The first-order valence-corrected chi connectivity index (χ1v) is 9.72. The van der Waals surface area contributed by atoms with Crippen LogP contribution in [0.3, 0.4) is 0 Å². The SMILES string of the molecule is CC1(C)N=C(CC(=O)Nc2ccc3c(c2)NC(=O)CC3)c2ccc(C(F)(F)F)cc2O1. The molecule has 31 heavy (non-hydrogen) atoms. The van der Waals surface area contributed by atoms with Crippen LogP contribution < -0.4 is 15.4 Å². The summed E-state index contributed by atoms with van der Waals surface area (Å²) < 4.78 is 44.8. The number of ether oxygens (including phenoxy) is 1. The summed E-state index contributed by atoms with van der Waals surface area (Å²) >= 11 is 0. The zero-order valence-electron chi connectivity index (χ0n) is 16.9. The minimum atomic E-state index is -4.50. The zero-order chi connectivity index (χ0) is 22.4. The van der Waals surface area contributed by atoms with Crippen molar-refractivity contribution in [1.82, 2.24) is 0 Å². The van der Waals surface area contributed by atoms with Gasteiger partial charge in [0.15, 0.2) is 5.72 Å². The summed E-state index contributed by atoms with van der Waals surface area (Å²) in [6.07, 6.45) is -3.59. The molecule has 0 fully saturated rings. The van der Waals surface area contributed by atoms with Crippen molar-refractivity contribution in [3.63, 3.8) is 0 Å². The molecule has 0 bridgehead atoms. The molecule has 6 nitrogen and oxygen atoms in total. The number of aliphatic imine (C=N–C) groups is 1. The fraction of sp³-hybridized carbons (Fsp3) is 0.318. The molecule has 9 heteroatoms. The number of carbonyl (C=O) groups excluding carboxylic acids is 2. The van der Waals surface area contributed by atoms with Crippen molar-refractivity contribution >= 4 is 28.9 Å². The van der Waals surface area contributed by atoms with E-state index in [0.29, 0.717) is 35.5 Å². The third-order valence-corrected chi connectivity index (χ3v) is 5.00. The highest BCUT2D eigenvalue weighted by molar-refractivity contribution is 6.15. The van der Waals surface area contributed by atoms with Crippen molar-refractivity contribution in [1.29, 1.82) is 0 Å². The molecule has 2 amide bonds. The Morgan fingerprint density at radius 2 is 1.97 bits per heavy atom. The summed E-state index contributed by atoms with van der Waals surface area (Å²) in [6.45, 7) is 3.22. The molecule has 0 spiro atoms. The molecule has 0 saturated heterocycles. The van der Waals surface area contributed by atoms with Crippen LogP contribution in [0.25, 0.3) is 0 Å². The first-order chi connectivity index (χ1) is 14.5. The van der Waals surface area contributed by atoms with Gasteiger partial charge in [-0.05, 0) is 56.2 Å². The van der Waals surface area contributed by atoms with Gasteiger partial charge in [0.1, 0.15) is 5.75 Å². The first-order valence-electron chi connectivity index (χ1n) is 9.72. The molecule has 0 aromatic heterocycles. The molecular weight excluding hydrogens is 411 g/mol. The van der Waals surface area contributed by atoms with E-state index in [1.165, 1.54) is 6.07 Å². The van der Waals surface area contributed by atoms with E-state index < -0.39 is 17.5 Å². The Morgan fingerprint density at radius 3 is 2.71 bits per heavy atom. The first kappa shape index (κ1) is 20.9. The predicted molar refractivity (Wildman–Crippen MR) is 109 cm³/mol. The zero-order valence-corrected chi connectivity index (χ0v) is 16.9. The molecule has 2 aromatic carbocycles. The summed E-state index contributed by atoms with van der Waals surface area (Å²) in [7, 11) is 0. The number of nitrogens with zero attached hydrogens (tertiary/aromatic N) is 1. The number of amides is 2. The van der Waals surface area contributed by atoms with E-state index in [-0.39, 0.29) is 24.0 Å². The van der Waals surface area contributed by atoms with Crippen molar-refractivity contribution in [3.8, 4) is 5.75 Å². The average molecular weight is 431 g/mol. The van der Waals surface area contributed by atoms with E-state index >= 15 is 0 Å². The summed E-state index contributed by atoms with van der Waals surface area (Å²) in [5, 5.41) is 5.53. The van der Waals surface area contributed by atoms with Gasteiger partial charge in [-0.15, -0.1) is 0 Å². The second kappa shape index (κ2) is 7.40. The van der Waals surface area contributed by atoms with Crippen molar-refractivity contribution in [2.45, 2.75) is 45.0 Å². The molecule has 2 aromatic rings. The lowest BCUT2D eigenvalue weighted by atomic mass is 10.00. The highest BCUT2D eigenvalue weighted by Crippen LogP contribution is 2.37. The average Bonchev–Trinajstić information content (AvgIpc) is 2.65. The van der Waals surface area contributed by atoms with E-state index in [0.717, 1.165) is 17.7 Å². The molecule has 0 saturated carbocycles. The van der Waals surface area contributed by atoms with E-state index in [2.05, 4.69) is 15.6 Å². The van der Waals surface area contributed by atoms with Gasteiger partial charge in [-0.1, -0.05) is 6.07 Å². The van der Waals surface area contributed by atoms with Crippen LogP contribution in [0.1, 0.15) is 43.4 Å². The minimum Gasteiger partial charge on any atom is -0.466 e. The van der Waals surface area contributed by atoms with Gasteiger partial charge in [0.2, 0.25) is 11.8 Å². The Hall–Kier alpha value is -3.36. The molecule has 0 unspecified atom stereocenters. The molecular formula is C22H20F3N3O3. The van der Waals surface area contributed by atoms with Crippen LogP contribution in [0.2, 0.25) is 0 Å². The second-order valence-electron chi connectivity index (χ2n) is 7.96. The Bertz CT molecular complexity index is 1110. The summed E-state index contributed by atoms with van der Waals surface area (Å²) in [5.41, 5.74) is 0.896. The van der Waals surface area contributed by atoms with Crippen molar-refractivity contribution in [2.75, 3.05) is 10.6 Å². The highest BCUT2D eigenvalue weighted by Gasteiger charge is 2.35. The quantitative estimate of drug-likeness (QED) is 0.749. The van der Waals surface area contributed by atoms with Crippen LogP contribution >= 0.6 is 0 Å². The predicted octanol–water partition coefficient (Wildman–Crippen LogP) is 4.54. The lowest BCUT2D eigenvalue weighted by molar-refractivity contribution is -0.137. The normalized spacial score (nSPS) is 16.9. The maximum absolute atomic E-state index is 13.1. The van der Waals surface area contributed by atoms with Gasteiger partial charge in [-0.2, -0.15) is 13.2 Å². The van der Waals surface area contributed by atoms with Crippen LogP contribution in [-0.2, 0) is 22.2 Å². The fourth-order valence-electron chi connectivity index (χ4n) is 3.64. The number of carbonyl (C=O) groups is 2. The molecule has 2 aliphatic heterocycles. The third-order valence-electron chi connectivity index (χ3n) is 5.00. The number of fused-ring (bicyclic) bond motifs is 2. The largest absolute Gasteiger partial charge is 0.466 e. The third kappa shape index (κ3) is 4.55. The number of aryl methyl sites for hydroxylation is 1. The number of halogens is 3. The van der Waals surface area contributed by atoms with Gasteiger partial charge >= 0.3 is 6.18 Å². The van der Waals surface area contributed by atoms with E-state index in [4.69, 9.17) is 4.74 Å². The molecule has 162 valence electrons. The maximum atomic E-state index is 13.1. The van der Waals surface area contributed by atoms with Gasteiger partial charge in [0.25, 0.3) is 0 Å². The smallest absolute Gasteiger partial charge is 0.416 e. The van der Waals surface area contributed by atoms with Gasteiger partial charge in [0.05, 0.1) is 17.7 Å². The molecule has 0 atom stereocenters. The number of hydrogen-bond donors (Lipinski definition) is 2. The monoisotopic (exact) mass is 431 g/mol. The Balaban J connectivity index is 1.55. The number of rotatable bonds is 3. The lowest BCUT2D eigenvalue weighted by Gasteiger charge is -2.30. The van der Waals surface area contributed by atoms with Gasteiger partial charge in [0, 0.05) is 23.4 Å². The number of benzene rings is 2. The number of nitrogens with one attached hydrogen (secondary N) is 2. The fourth-order valence-corrected chi connectivity index (χ4v) is 3.64. The molecule has 4 rings (SSSR count). The number of hydrogen-bond acceptors (Lipinski definition) is 4. The molecule has 0 radical (unpaired) electrons. The molecule has 2 aliphatic rings. The topological polar surface area (TPSA) is 79.8 Å². The van der Waals surface area contributed by atoms with Crippen molar-refractivity contribution in [3.05, 3.63) is 53.1 Å². The Kier molecular flexibility index (Phi) is 4.99. The second-order valence-corrected chi connectivity index (χ2v) is 7.96. The van der Waals surface area contributed by atoms with Gasteiger partial charge in [-0.25, -0.2) is 4.99 Å². The van der Waals surface area contributed by atoms with Crippen LogP contribution in [0.15, 0.2) is 41.4 Å². The standard InChI is InChI=1S/C22H20F3N3O3/c1-21(2)28-17(15-7-5-13(22(23,24)25)9-18(15)31-21)11-20(30)26-14-6-3-12-4-8-19(29)27-16(12)10-14/h3,5-7,9-10H,4,8,11H2,1-2H3,(H,26,30)(H,27,29). The van der Waals surface area contributed by atoms with Crippen LogP contribution in [-0.4, -0.2) is 23.3 Å². The highest BCUT2D eigenvalue weighted by atomic mass is 19.4. The van der Waals surface area contributed by atoms with Gasteiger partial charge in [-0.3, -0.25) is 9.59 Å². The van der Waals surface area contributed by atoms with E-state index in [1.807, 2.05) is 6.07 Å². The molecule has 2 heterocycles. The lowest BCUT2D eigenvalue weighted by Crippen LogP contribution is -2.33. The minimum absolute atomic E-state index is 0.0362.